The summed E-state index contributed by atoms with van der Waals surface area (Å²) in [5.41, 5.74) is 0.873. The lowest BCUT2D eigenvalue weighted by atomic mass is 10.0. The smallest absolute Gasteiger partial charge is 0.407 e. The van der Waals surface area contributed by atoms with E-state index in [-0.39, 0.29) is 18.2 Å². The molecule has 8 nitrogen and oxygen atoms in total. The van der Waals surface area contributed by atoms with Crippen molar-refractivity contribution in [1.82, 2.24) is 14.9 Å². The number of pyridine rings is 2. The molecule has 1 aromatic carbocycles. The highest BCUT2D eigenvalue weighted by Gasteiger charge is 2.22. The van der Waals surface area contributed by atoms with Crippen molar-refractivity contribution >= 4 is 27.8 Å². The van der Waals surface area contributed by atoms with Gasteiger partial charge in [-0.2, -0.15) is 5.26 Å². The van der Waals surface area contributed by atoms with Crippen LogP contribution in [0.2, 0.25) is 0 Å². The Bertz CT molecular complexity index is 1330. The van der Waals surface area contributed by atoms with Gasteiger partial charge in [-0.05, 0) is 57.6 Å². The molecule has 2 heterocycles. The zero-order valence-corrected chi connectivity index (χ0v) is 20.9. The van der Waals surface area contributed by atoms with E-state index in [2.05, 4.69) is 30.2 Å². The Labute approximate surface area is 199 Å². The van der Waals surface area contributed by atoms with Crippen molar-refractivity contribution in [3.05, 3.63) is 46.0 Å². The van der Waals surface area contributed by atoms with Gasteiger partial charge in [-0.15, -0.1) is 0 Å². The zero-order chi connectivity index (χ0) is 25.2. The van der Waals surface area contributed by atoms with Crippen molar-refractivity contribution in [3.8, 4) is 11.8 Å². The van der Waals surface area contributed by atoms with Crippen LogP contribution in [0.15, 0.2) is 29.2 Å². The van der Waals surface area contributed by atoms with Crippen LogP contribution in [0, 0.1) is 24.2 Å². The predicted molar refractivity (Wildman–Crippen MR) is 132 cm³/mol. The maximum atomic E-state index is 13.0. The topological polar surface area (TPSA) is 106 Å². The lowest BCUT2D eigenvalue weighted by molar-refractivity contribution is 0.0480. The van der Waals surface area contributed by atoms with Crippen molar-refractivity contribution in [1.29, 1.82) is 5.26 Å². The number of alkyl carbamates (subject to hydrolysis) is 1. The Morgan fingerprint density at radius 2 is 1.97 bits per heavy atom. The molecule has 0 radical (unpaired) electrons. The van der Waals surface area contributed by atoms with E-state index in [1.54, 1.807) is 63.7 Å². The van der Waals surface area contributed by atoms with E-state index in [0.717, 1.165) is 10.8 Å². The van der Waals surface area contributed by atoms with Gasteiger partial charge in [0.05, 0.1) is 28.2 Å². The van der Waals surface area contributed by atoms with E-state index in [1.807, 2.05) is 0 Å². The van der Waals surface area contributed by atoms with E-state index in [4.69, 9.17) is 9.47 Å². The highest BCUT2D eigenvalue weighted by atomic mass is 16.6. The number of hydrogen-bond acceptors (Lipinski definition) is 6. The van der Waals surface area contributed by atoms with Crippen molar-refractivity contribution < 1.29 is 14.3 Å². The highest BCUT2D eigenvalue weighted by Crippen LogP contribution is 2.30. The number of nitriles is 1. The Morgan fingerprint density at radius 3 is 2.59 bits per heavy atom. The number of ether oxygens (including phenoxy) is 2. The van der Waals surface area contributed by atoms with Gasteiger partial charge in [-0.1, -0.05) is 13.8 Å². The third-order valence-corrected chi connectivity index (χ3v) is 5.45. The minimum absolute atomic E-state index is 0.155. The summed E-state index contributed by atoms with van der Waals surface area (Å²) in [7, 11) is 1.69. The Morgan fingerprint density at radius 1 is 1.26 bits per heavy atom. The number of hydrogen-bond donors (Lipinski definition) is 1. The second-order valence-corrected chi connectivity index (χ2v) is 9.94. The second kappa shape index (κ2) is 9.72. The maximum Gasteiger partial charge on any atom is 0.407 e. The molecule has 34 heavy (non-hydrogen) atoms. The van der Waals surface area contributed by atoms with Crippen LogP contribution in [-0.4, -0.2) is 33.9 Å². The Hall–Kier alpha value is -3.60. The molecule has 0 bridgehead atoms. The predicted octanol–water partition coefficient (Wildman–Crippen LogP) is 4.59. The zero-order valence-electron chi connectivity index (χ0n) is 20.9. The molecule has 180 valence electrons. The highest BCUT2D eigenvalue weighted by molar-refractivity contribution is 6.07. The number of amides is 1. The van der Waals surface area contributed by atoms with Crippen molar-refractivity contribution in [2.45, 2.75) is 59.6 Å². The van der Waals surface area contributed by atoms with Crippen LogP contribution >= 0.6 is 0 Å². The van der Waals surface area contributed by atoms with Gasteiger partial charge in [0, 0.05) is 24.7 Å². The molecule has 1 amide bonds. The lowest BCUT2D eigenvalue weighted by Gasteiger charge is -2.25. The number of aromatic nitrogens is 2. The van der Waals surface area contributed by atoms with Gasteiger partial charge in [-0.3, -0.25) is 9.78 Å². The first-order chi connectivity index (χ1) is 15.9. The third-order valence-electron chi connectivity index (χ3n) is 5.45. The van der Waals surface area contributed by atoms with Gasteiger partial charge in [0.1, 0.15) is 24.0 Å². The number of rotatable bonds is 6. The first-order valence-corrected chi connectivity index (χ1v) is 11.4. The summed E-state index contributed by atoms with van der Waals surface area (Å²) in [5, 5.41) is 14.7. The maximum absolute atomic E-state index is 13.0. The molecule has 3 aromatic rings. The fraction of sp³-hybridized carbons (Fsp3) is 0.462. The number of carbonyl (C=O) groups excluding carboxylic acids is 1. The summed E-state index contributed by atoms with van der Waals surface area (Å²) in [6, 6.07) is 7.13. The van der Waals surface area contributed by atoms with Crippen molar-refractivity contribution in [2.75, 3.05) is 6.61 Å². The van der Waals surface area contributed by atoms with Crippen LogP contribution < -0.4 is 15.6 Å². The molecule has 0 aliphatic rings. The van der Waals surface area contributed by atoms with Crippen LogP contribution in [-0.2, 0) is 11.8 Å². The average Bonchev–Trinajstić information content (AvgIpc) is 2.73. The summed E-state index contributed by atoms with van der Waals surface area (Å²) >= 11 is 0. The van der Waals surface area contributed by atoms with Crippen LogP contribution in [0.25, 0.3) is 21.7 Å². The van der Waals surface area contributed by atoms with Crippen LogP contribution in [0.3, 0.4) is 0 Å². The summed E-state index contributed by atoms with van der Waals surface area (Å²) in [6.07, 6.45) is 1.81. The molecule has 1 N–H and O–H groups in total. The van der Waals surface area contributed by atoms with E-state index in [0.29, 0.717) is 40.2 Å². The first kappa shape index (κ1) is 25.0. The molecule has 0 saturated heterocycles. The van der Waals surface area contributed by atoms with Gasteiger partial charge < -0.3 is 19.4 Å². The lowest BCUT2D eigenvalue weighted by Crippen LogP contribution is -2.42. The first-order valence-electron chi connectivity index (χ1n) is 11.4. The Balaban J connectivity index is 1.98. The van der Waals surface area contributed by atoms with Gasteiger partial charge in [0.15, 0.2) is 0 Å². The summed E-state index contributed by atoms with van der Waals surface area (Å²) in [6.45, 7) is 11.5. The largest absolute Gasteiger partial charge is 0.490 e. The molecule has 0 aliphatic carbocycles. The van der Waals surface area contributed by atoms with Crippen molar-refractivity contribution in [2.24, 2.45) is 13.0 Å². The van der Waals surface area contributed by atoms with E-state index >= 15 is 0 Å². The fourth-order valence-electron chi connectivity index (χ4n) is 4.01. The molecule has 0 spiro atoms. The summed E-state index contributed by atoms with van der Waals surface area (Å²) in [5.74, 6) is 0.662. The number of benzene rings is 1. The Kier molecular flexibility index (Phi) is 7.15. The molecule has 1 atom stereocenters. The van der Waals surface area contributed by atoms with Crippen LogP contribution in [0.5, 0.6) is 5.75 Å². The normalized spacial score (nSPS) is 12.6. The van der Waals surface area contributed by atoms with Gasteiger partial charge >= 0.3 is 6.09 Å². The monoisotopic (exact) mass is 464 g/mol. The standard InChI is InChI=1S/C26H32N4O4/c1-15(2)10-18(29-25(32)34-26(4,5)6)14-33-22-12-21-20(11-17(22)13-27)19-8-9-28-16(3)23(19)24(31)30(21)7/h8-9,11-12,15,18H,10,14H2,1-7H3,(H,29,32)/t18-/m0/s1. The third kappa shape index (κ3) is 5.48. The molecule has 8 heteroatoms. The van der Waals surface area contributed by atoms with Crippen molar-refractivity contribution in [3.63, 3.8) is 0 Å². The molecule has 2 aromatic heterocycles. The quantitative estimate of drug-likeness (QED) is 0.535. The van der Waals surface area contributed by atoms with Crippen LogP contribution in [0.1, 0.15) is 52.3 Å². The summed E-state index contributed by atoms with van der Waals surface area (Å²) in [4.78, 5) is 29.6. The molecular formula is C26H32N4O4. The van der Waals surface area contributed by atoms with Crippen LogP contribution in [0.4, 0.5) is 4.79 Å². The van der Waals surface area contributed by atoms with E-state index in [1.165, 1.54) is 0 Å². The summed E-state index contributed by atoms with van der Waals surface area (Å²) < 4.78 is 13.0. The molecule has 3 rings (SSSR count). The molecular weight excluding hydrogens is 432 g/mol. The van der Waals surface area contributed by atoms with Gasteiger partial charge in [0.25, 0.3) is 5.56 Å². The second-order valence-electron chi connectivity index (χ2n) is 9.94. The van der Waals surface area contributed by atoms with Gasteiger partial charge in [0.2, 0.25) is 0 Å². The van der Waals surface area contributed by atoms with Gasteiger partial charge in [-0.25, -0.2) is 4.79 Å². The van der Waals surface area contributed by atoms with E-state index in [9.17, 15) is 14.9 Å². The number of aryl methyl sites for hydroxylation is 2. The fourth-order valence-corrected chi connectivity index (χ4v) is 4.01. The minimum atomic E-state index is -0.610. The molecule has 0 unspecified atom stereocenters. The number of carbonyl (C=O) groups is 1. The minimum Gasteiger partial charge on any atom is -0.490 e. The average molecular weight is 465 g/mol. The number of fused-ring (bicyclic) bond motifs is 3. The molecule has 0 aliphatic heterocycles. The van der Waals surface area contributed by atoms with E-state index < -0.39 is 11.7 Å². The molecule has 0 saturated carbocycles. The molecule has 0 fully saturated rings. The number of nitrogens with one attached hydrogen (secondary N) is 1. The number of nitrogens with zero attached hydrogens (tertiary/aromatic N) is 3. The SMILES string of the molecule is Cc1nccc2c1c(=O)n(C)c1cc(OC[C@H](CC(C)C)NC(=O)OC(C)(C)C)c(C#N)cc21.